The number of carbonyl (C=O) groups is 2. The number of hydrogen-bond donors (Lipinski definition) is 2. The molecule has 3 rings (SSSR count). The van der Waals surface area contributed by atoms with Crippen LogP contribution in [0.15, 0.2) is 18.3 Å². The molecule has 0 atom stereocenters. The van der Waals surface area contributed by atoms with Gasteiger partial charge in [0.1, 0.15) is 18.4 Å². The largest absolute Gasteiger partial charge is 0.465 e. The summed E-state index contributed by atoms with van der Waals surface area (Å²) in [5.74, 6) is -0.503. The topological polar surface area (TPSA) is 92.8 Å². The molecule has 2 aliphatic rings. The van der Waals surface area contributed by atoms with E-state index in [9.17, 15) is 9.59 Å². The first-order valence-corrected chi connectivity index (χ1v) is 9.95. The average Bonchev–Trinajstić information content (AvgIpc) is 2.70. The molecule has 2 N–H and O–H groups in total. The van der Waals surface area contributed by atoms with Gasteiger partial charge in [0, 0.05) is 45.8 Å². The molecule has 156 valence electrons. The van der Waals surface area contributed by atoms with Crippen molar-refractivity contribution in [1.29, 1.82) is 0 Å². The molecular formula is C20H32N4O4. The lowest BCUT2D eigenvalue weighted by molar-refractivity contribution is -0.141. The molecule has 0 aromatic carbocycles. The molecule has 0 unspecified atom stereocenters. The summed E-state index contributed by atoms with van der Waals surface area (Å²) in [4.78, 5) is 28.5. The lowest BCUT2D eigenvalue weighted by Crippen LogP contribution is -2.44. The van der Waals surface area contributed by atoms with E-state index in [1.165, 1.54) is 6.92 Å². The third-order valence-corrected chi connectivity index (χ3v) is 4.60. The second-order valence-electron chi connectivity index (χ2n) is 7.01. The number of nitrogens with one attached hydrogen (secondary N) is 2. The van der Waals surface area contributed by atoms with Gasteiger partial charge in [-0.2, -0.15) is 0 Å². The zero-order chi connectivity index (χ0) is 20.2. The second-order valence-corrected chi connectivity index (χ2v) is 7.01. The number of piperidine rings is 1. The fraction of sp³-hybridized carbons (Fsp3) is 0.650. The molecule has 0 saturated carbocycles. The first-order valence-electron chi connectivity index (χ1n) is 9.95. The van der Waals surface area contributed by atoms with E-state index < -0.39 is 0 Å². The van der Waals surface area contributed by atoms with E-state index in [0.717, 1.165) is 64.2 Å². The van der Waals surface area contributed by atoms with Crippen LogP contribution in [0.4, 0.5) is 0 Å². The van der Waals surface area contributed by atoms with E-state index in [4.69, 9.17) is 9.47 Å². The van der Waals surface area contributed by atoms with Gasteiger partial charge < -0.3 is 20.1 Å². The van der Waals surface area contributed by atoms with E-state index >= 15 is 0 Å². The van der Waals surface area contributed by atoms with E-state index in [-0.39, 0.29) is 18.0 Å². The molecule has 2 aliphatic heterocycles. The number of pyridine rings is 1. The van der Waals surface area contributed by atoms with Crippen molar-refractivity contribution in [2.24, 2.45) is 0 Å². The number of piperazine rings is 1. The van der Waals surface area contributed by atoms with E-state index in [0.29, 0.717) is 12.3 Å². The Labute approximate surface area is 167 Å². The van der Waals surface area contributed by atoms with Crippen LogP contribution in [0.5, 0.6) is 0 Å². The predicted molar refractivity (Wildman–Crippen MR) is 106 cm³/mol. The van der Waals surface area contributed by atoms with Gasteiger partial charge in [-0.15, -0.1) is 0 Å². The number of carbonyl (C=O) groups excluding carboxylic acids is 2. The molecule has 0 radical (unpaired) electrons. The normalized spacial score (nSPS) is 17.9. The standard InChI is InChI=1S/C12H16N2O2.C8H16N2O2/c1-9-2-3-11(14-8-9)12(15)16-10-4-6-13-7-5-10;1-8(11)12-7-6-10-4-2-9-3-5-10/h2-3,8,10,13H,4-7H2,1H3;9H,2-7H2,1H3. The van der Waals surface area contributed by atoms with Crippen molar-refractivity contribution >= 4 is 11.9 Å². The highest BCUT2D eigenvalue weighted by atomic mass is 16.5. The Morgan fingerprint density at radius 2 is 1.82 bits per heavy atom. The van der Waals surface area contributed by atoms with Gasteiger partial charge >= 0.3 is 11.9 Å². The van der Waals surface area contributed by atoms with Gasteiger partial charge in [-0.3, -0.25) is 9.69 Å². The monoisotopic (exact) mass is 392 g/mol. The number of ether oxygens (including phenoxy) is 2. The third-order valence-electron chi connectivity index (χ3n) is 4.60. The smallest absolute Gasteiger partial charge is 0.357 e. The molecule has 0 bridgehead atoms. The highest BCUT2D eigenvalue weighted by Crippen LogP contribution is 2.10. The van der Waals surface area contributed by atoms with Gasteiger partial charge in [0.05, 0.1) is 0 Å². The zero-order valence-electron chi connectivity index (χ0n) is 16.9. The zero-order valence-corrected chi connectivity index (χ0v) is 16.9. The molecule has 0 amide bonds. The summed E-state index contributed by atoms with van der Waals surface area (Å²) in [6.45, 7) is 10.8. The van der Waals surface area contributed by atoms with Gasteiger partial charge in [-0.1, -0.05) is 6.07 Å². The van der Waals surface area contributed by atoms with Crippen molar-refractivity contribution in [1.82, 2.24) is 20.5 Å². The molecule has 2 fully saturated rings. The quantitative estimate of drug-likeness (QED) is 0.710. The van der Waals surface area contributed by atoms with Gasteiger partial charge in [-0.25, -0.2) is 9.78 Å². The van der Waals surface area contributed by atoms with Crippen molar-refractivity contribution in [3.05, 3.63) is 29.6 Å². The van der Waals surface area contributed by atoms with Crippen molar-refractivity contribution in [2.75, 3.05) is 52.4 Å². The van der Waals surface area contributed by atoms with Crippen molar-refractivity contribution in [3.8, 4) is 0 Å². The molecule has 28 heavy (non-hydrogen) atoms. The van der Waals surface area contributed by atoms with Crippen LogP contribution in [0.3, 0.4) is 0 Å². The van der Waals surface area contributed by atoms with Gasteiger partial charge in [-0.05, 0) is 44.5 Å². The Morgan fingerprint density at radius 1 is 1.14 bits per heavy atom. The van der Waals surface area contributed by atoms with Crippen LogP contribution in [-0.4, -0.2) is 80.3 Å². The molecule has 8 heteroatoms. The van der Waals surface area contributed by atoms with Crippen molar-refractivity contribution in [2.45, 2.75) is 32.8 Å². The van der Waals surface area contributed by atoms with E-state index in [2.05, 4.69) is 20.5 Å². The number of aryl methyl sites for hydroxylation is 1. The highest BCUT2D eigenvalue weighted by molar-refractivity contribution is 5.87. The maximum atomic E-state index is 11.7. The van der Waals surface area contributed by atoms with Gasteiger partial charge in [0.15, 0.2) is 0 Å². The number of nitrogens with zero attached hydrogens (tertiary/aromatic N) is 2. The Morgan fingerprint density at radius 3 is 2.43 bits per heavy atom. The highest BCUT2D eigenvalue weighted by Gasteiger charge is 2.18. The van der Waals surface area contributed by atoms with Gasteiger partial charge in [0.25, 0.3) is 0 Å². The van der Waals surface area contributed by atoms with Crippen LogP contribution in [0.1, 0.15) is 35.8 Å². The number of rotatable bonds is 5. The fourth-order valence-electron chi connectivity index (χ4n) is 2.97. The van der Waals surface area contributed by atoms with Crippen LogP contribution in [0.2, 0.25) is 0 Å². The molecule has 0 aliphatic carbocycles. The Kier molecular flexibility index (Phi) is 9.88. The minimum atomic E-state index is -0.313. The summed E-state index contributed by atoms with van der Waals surface area (Å²) >= 11 is 0. The molecule has 2 saturated heterocycles. The summed E-state index contributed by atoms with van der Waals surface area (Å²) < 4.78 is 10.2. The van der Waals surface area contributed by atoms with Crippen LogP contribution >= 0.6 is 0 Å². The molecule has 1 aromatic rings. The number of aromatic nitrogens is 1. The Balaban J connectivity index is 0.000000209. The SMILES string of the molecule is CC(=O)OCCN1CCNCC1.Cc1ccc(C(=O)OC2CCNCC2)nc1. The first kappa shape index (κ1) is 22.3. The average molecular weight is 393 g/mol. The molecule has 0 spiro atoms. The minimum Gasteiger partial charge on any atom is -0.465 e. The maximum absolute atomic E-state index is 11.7. The molecule has 8 nitrogen and oxygen atoms in total. The summed E-state index contributed by atoms with van der Waals surface area (Å²) in [6.07, 6.45) is 3.49. The summed E-state index contributed by atoms with van der Waals surface area (Å²) in [7, 11) is 0. The van der Waals surface area contributed by atoms with Crippen molar-refractivity contribution < 1.29 is 19.1 Å². The Hall–Kier alpha value is -2.03. The summed E-state index contributed by atoms with van der Waals surface area (Å²) in [5.41, 5.74) is 1.43. The van der Waals surface area contributed by atoms with Crippen LogP contribution in [-0.2, 0) is 14.3 Å². The van der Waals surface area contributed by atoms with Gasteiger partial charge in [0.2, 0.25) is 0 Å². The number of esters is 2. The first-order chi connectivity index (χ1) is 13.5. The lowest BCUT2D eigenvalue weighted by atomic mass is 10.1. The van der Waals surface area contributed by atoms with Crippen LogP contribution in [0, 0.1) is 6.92 Å². The summed E-state index contributed by atoms with van der Waals surface area (Å²) in [6, 6.07) is 3.57. The molecular weight excluding hydrogens is 360 g/mol. The Bertz CT molecular complexity index is 597. The fourth-order valence-corrected chi connectivity index (χ4v) is 2.97. The van der Waals surface area contributed by atoms with Crippen LogP contribution in [0.25, 0.3) is 0 Å². The molecule has 3 heterocycles. The maximum Gasteiger partial charge on any atom is 0.357 e. The number of hydrogen-bond acceptors (Lipinski definition) is 8. The molecule has 1 aromatic heterocycles. The van der Waals surface area contributed by atoms with Crippen molar-refractivity contribution in [3.63, 3.8) is 0 Å². The summed E-state index contributed by atoms with van der Waals surface area (Å²) in [5, 5.41) is 6.49. The van der Waals surface area contributed by atoms with Crippen LogP contribution < -0.4 is 10.6 Å². The lowest BCUT2D eigenvalue weighted by Gasteiger charge is -2.26. The van der Waals surface area contributed by atoms with E-state index in [1.54, 1.807) is 12.3 Å². The minimum absolute atomic E-state index is 0.0388. The second kappa shape index (κ2) is 12.4. The predicted octanol–water partition coefficient (Wildman–Crippen LogP) is 0.754. The van der Waals surface area contributed by atoms with E-state index in [1.807, 2.05) is 13.0 Å². The third kappa shape index (κ3) is 8.77.